The number of nitrogens with zero attached hydrogens (tertiary/aromatic N) is 1. The fraction of sp³-hybridized carbons (Fsp3) is 0.0952. The molecule has 0 aliphatic carbocycles. The lowest BCUT2D eigenvalue weighted by atomic mass is 9.91. The van der Waals surface area contributed by atoms with Crippen molar-refractivity contribution in [1.82, 2.24) is 4.90 Å². The van der Waals surface area contributed by atoms with E-state index in [0.29, 0.717) is 10.6 Å². The molecule has 24 heavy (non-hydrogen) atoms. The van der Waals surface area contributed by atoms with E-state index in [1.165, 1.54) is 0 Å². The number of hydrogen-bond donors (Lipinski definition) is 0. The monoisotopic (exact) mass is 335 g/mol. The Morgan fingerprint density at radius 3 is 2.08 bits per heavy atom. The summed E-state index contributed by atoms with van der Waals surface area (Å²) in [6.07, 6.45) is 0. The van der Waals surface area contributed by atoms with Gasteiger partial charge in [0.05, 0.1) is 0 Å². The third-order valence-electron chi connectivity index (χ3n) is 3.93. The number of hydrogen-bond acceptors (Lipinski definition) is 1. The third-order valence-corrected chi connectivity index (χ3v) is 4.25. The molecular formula is C21H18ClNO. The quantitative estimate of drug-likeness (QED) is 0.629. The third kappa shape index (κ3) is 3.06. The van der Waals surface area contributed by atoms with Crippen LogP contribution in [0.25, 0.3) is 22.3 Å². The van der Waals surface area contributed by atoms with Crippen molar-refractivity contribution in [3.8, 4) is 22.3 Å². The first-order chi connectivity index (χ1) is 11.6. The van der Waals surface area contributed by atoms with Crippen LogP contribution in [0.15, 0.2) is 72.8 Å². The highest BCUT2D eigenvalue weighted by Crippen LogP contribution is 2.38. The minimum absolute atomic E-state index is 0.0598. The molecule has 0 radical (unpaired) electrons. The van der Waals surface area contributed by atoms with Crippen LogP contribution in [0, 0.1) is 0 Å². The van der Waals surface area contributed by atoms with Gasteiger partial charge in [-0.25, -0.2) is 0 Å². The van der Waals surface area contributed by atoms with Crippen molar-refractivity contribution in [2.75, 3.05) is 14.1 Å². The van der Waals surface area contributed by atoms with Crippen molar-refractivity contribution >= 4 is 17.5 Å². The van der Waals surface area contributed by atoms with E-state index in [1.807, 2.05) is 54.6 Å². The lowest BCUT2D eigenvalue weighted by Gasteiger charge is -2.18. The number of halogens is 1. The molecule has 3 rings (SSSR count). The smallest absolute Gasteiger partial charge is 0.254 e. The summed E-state index contributed by atoms with van der Waals surface area (Å²) in [6.45, 7) is 0. The molecule has 2 nitrogen and oxygen atoms in total. The predicted octanol–water partition coefficient (Wildman–Crippen LogP) is 5.38. The highest BCUT2D eigenvalue weighted by molar-refractivity contribution is 6.34. The van der Waals surface area contributed by atoms with Crippen LogP contribution >= 0.6 is 11.6 Å². The van der Waals surface area contributed by atoms with Gasteiger partial charge in [0.2, 0.25) is 0 Å². The van der Waals surface area contributed by atoms with Gasteiger partial charge in [-0.1, -0.05) is 72.3 Å². The van der Waals surface area contributed by atoms with Gasteiger partial charge in [-0.05, 0) is 28.8 Å². The molecule has 0 unspecified atom stereocenters. The first-order valence-electron chi connectivity index (χ1n) is 7.74. The van der Waals surface area contributed by atoms with E-state index < -0.39 is 0 Å². The predicted molar refractivity (Wildman–Crippen MR) is 100 cm³/mol. The second-order valence-electron chi connectivity index (χ2n) is 5.77. The Hall–Kier alpha value is -2.58. The first-order valence-corrected chi connectivity index (χ1v) is 8.12. The number of benzene rings is 3. The molecular weight excluding hydrogens is 318 g/mol. The zero-order valence-electron chi connectivity index (χ0n) is 13.7. The summed E-state index contributed by atoms with van der Waals surface area (Å²) < 4.78 is 0. The van der Waals surface area contributed by atoms with E-state index in [9.17, 15) is 4.79 Å². The zero-order chi connectivity index (χ0) is 17.1. The minimum atomic E-state index is -0.0598. The number of rotatable bonds is 3. The molecule has 3 aromatic rings. The van der Waals surface area contributed by atoms with Gasteiger partial charge in [0, 0.05) is 30.2 Å². The zero-order valence-corrected chi connectivity index (χ0v) is 14.4. The number of amides is 1. The number of carbonyl (C=O) groups excluding carboxylic acids is 1. The highest BCUT2D eigenvalue weighted by Gasteiger charge is 2.19. The van der Waals surface area contributed by atoms with Crippen LogP contribution < -0.4 is 0 Å². The average molecular weight is 336 g/mol. The van der Waals surface area contributed by atoms with E-state index in [4.69, 9.17) is 11.6 Å². The SMILES string of the molecule is CN(C)C(=O)c1cccc(Cl)c1-c1ccccc1-c1ccccc1. The number of carbonyl (C=O) groups is 1. The van der Waals surface area contributed by atoms with Crippen molar-refractivity contribution in [1.29, 1.82) is 0 Å². The van der Waals surface area contributed by atoms with Gasteiger partial charge < -0.3 is 4.90 Å². The van der Waals surface area contributed by atoms with Crippen molar-refractivity contribution in [3.05, 3.63) is 83.4 Å². The molecule has 0 saturated heterocycles. The van der Waals surface area contributed by atoms with E-state index >= 15 is 0 Å². The largest absolute Gasteiger partial charge is 0.345 e. The minimum Gasteiger partial charge on any atom is -0.345 e. The van der Waals surface area contributed by atoms with Crippen LogP contribution in [0.5, 0.6) is 0 Å². The maximum atomic E-state index is 12.6. The molecule has 0 aromatic heterocycles. The summed E-state index contributed by atoms with van der Waals surface area (Å²) in [6, 6.07) is 23.6. The van der Waals surface area contributed by atoms with Crippen LogP contribution in [0.1, 0.15) is 10.4 Å². The lowest BCUT2D eigenvalue weighted by molar-refractivity contribution is 0.0828. The van der Waals surface area contributed by atoms with E-state index in [2.05, 4.69) is 18.2 Å². The second-order valence-corrected chi connectivity index (χ2v) is 6.18. The molecule has 0 atom stereocenters. The van der Waals surface area contributed by atoms with E-state index in [0.717, 1.165) is 22.3 Å². The average Bonchev–Trinajstić information content (AvgIpc) is 2.61. The van der Waals surface area contributed by atoms with Crippen LogP contribution in [0.4, 0.5) is 0 Å². The molecule has 0 fully saturated rings. The Kier molecular flexibility index (Phi) is 4.68. The molecule has 1 amide bonds. The van der Waals surface area contributed by atoms with Gasteiger partial charge in [-0.3, -0.25) is 4.79 Å². The van der Waals surface area contributed by atoms with Crippen LogP contribution in [0.2, 0.25) is 5.02 Å². The van der Waals surface area contributed by atoms with Gasteiger partial charge in [0.25, 0.3) is 5.91 Å². The molecule has 120 valence electrons. The Morgan fingerprint density at radius 1 is 0.792 bits per heavy atom. The maximum absolute atomic E-state index is 12.6. The normalized spacial score (nSPS) is 10.5. The standard InChI is InChI=1S/C21H18ClNO/c1-23(2)21(24)18-13-8-14-19(22)20(18)17-12-7-6-11-16(17)15-9-4-3-5-10-15/h3-14H,1-2H3. The van der Waals surface area contributed by atoms with Gasteiger partial charge in [-0.15, -0.1) is 0 Å². The molecule has 0 saturated carbocycles. The maximum Gasteiger partial charge on any atom is 0.254 e. The molecule has 0 N–H and O–H groups in total. The molecule has 0 bridgehead atoms. The summed E-state index contributed by atoms with van der Waals surface area (Å²) >= 11 is 6.50. The first kappa shape index (κ1) is 16.3. The summed E-state index contributed by atoms with van der Waals surface area (Å²) in [4.78, 5) is 14.2. The van der Waals surface area contributed by atoms with E-state index in [-0.39, 0.29) is 5.91 Å². The second kappa shape index (κ2) is 6.90. The highest BCUT2D eigenvalue weighted by atomic mass is 35.5. The lowest BCUT2D eigenvalue weighted by Crippen LogP contribution is -2.22. The molecule has 0 heterocycles. The van der Waals surface area contributed by atoms with Crippen molar-refractivity contribution in [2.24, 2.45) is 0 Å². The van der Waals surface area contributed by atoms with Crippen LogP contribution in [-0.2, 0) is 0 Å². The van der Waals surface area contributed by atoms with Crippen molar-refractivity contribution in [3.63, 3.8) is 0 Å². The van der Waals surface area contributed by atoms with Crippen molar-refractivity contribution < 1.29 is 4.79 Å². The van der Waals surface area contributed by atoms with Gasteiger partial charge in [0.15, 0.2) is 0 Å². The summed E-state index contributed by atoms with van der Waals surface area (Å²) in [5, 5.41) is 0.575. The molecule has 3 heteroatoms. The molecule has 0 aliphatic rings. The van der Waals surface area contributed by atoms with E-state index in [1.54, 1.807) is 19.0 Å². The molecule has 3 aromatic carbocycles. The Morgan fingerprint density at radius 2 is 1.42 bits per heavy atom. The van der Waals surface area contributed by atoms with Gasteiger partial charge in [-0.2, -0.15) is 0 Å². The van der Waals surface area contributed by atoms with Crippen LogP contribution in [-0.4, -0.2) is 24.9 Å². The Balaban J connectivity index is 2.27. The summed E-state index contributed by atoms with van der Waals surface area (Å²) in [5.41, 5.74) is 4.49. The Bertz CT molecular complexity index is 872. The summed E-state index contributed by atoms with van der Waals surface area (Å²) in [5.74, 6) is -0.0598. The topological polar surface area (TPSA) is 20.3 Å². The molecule has 0 spiro atoms. The fourth-order valence-electron chi connectivity index (χ4n) is 2.79. The Labute approximate surface area is 147 Å². The van der Waals surface area contributed by atoms with Crippen molar-refractivity contribution in [2.45, 2.75) is 0 Å². The van der Waals surface area contributed by atoms with Gasteiger partial charge >= 0.3 is 0 Å². The fourth-order valence-corrected chi connectivity index (χ4v) is 3.06. The van der Waals surface area contributed by atoms with Crippen LogP contribution in [0.3, 0.4) is 0 Å². The molecule has 0 aliphatic heterocycles. The van der Waals surface area contributed by atoms with Gasteiger partial charge in [0.1, 0.15) is 0 Å². The summed E-state index contributed by atoms with van der Waals surface area (Å²) in [7, 11) is 3.49.